The average Bonchev–Trinajstić information content (AvgIpc) is 3.06. The second-order valence-electron chi connectivity index (χ2n) is 7.42. The first-order chi connectivity index (χ1) is 13.2. The number of benzene rings is 2. The number of aryl methyl sites for hydroxylation is 1. The van der Waals surface area contributed by atoms with Gasteiger partial charge in [0.15, 0.2) is 5.82 Å². The number of hydrogen-bond donors (Lipinski definition) is 1. The summed E-state index contributed by atoms with van der Waals surface area (Å²) in [6.45, 7) is 7.31. The number of aromatic amines is 1. The summed E-state index contributed by atoms with van der Waals surface area (Å²) >= 11 is 0. The predicted octanol–water partition coefficient (Wildman–Crippen LogP) is 4.13. The molecule has 27 heavy (non-hydrogen) atoms. The van der Waals surface area contributed by atoms with E-state index in [4.69, 9.17) is 0 Å². The van der Waals surface area contributed by atoms with Crippen LogP contribution in [0.15, 0.2) is 54.9 Å². The molecule has 136 valence electrons. The van der Waals surface area contributed by atoms with Crippen LogP contribution in [0.25, 0.3) is 21.9 Å². The molecule has 2 aromatic heterocycles. The molecule has 2 aromatic carbocycles. The summed E-state index contributed by atoms with van der Waals surface area (Å²) in [7, 11) is 0. The van der Waals surface area contributed by atoms with E-state index < -0.39 is 0 Å². The van der Waals surface area contributed by atoms with Crippen LogP contribution in [0.3, 0.4) is 0 Å². The van der Waals surface area contributed by atoms with Gasteiger partial charge in [-0.25, -0.2) is 9.97 Å². The molecule has 3 heterocycles. The molecule has 0 bridgehead atoms. The molecule has 5 nitrogen and oxygen atoms in total. The Hall–Kier alpha value is -3.08. The zero-order valence-electron chi connectivity index (χ0n) is 15.7. The van der Waals surface area contributed by atoms with Crippen LogP contribution in [0.1, 0.15) is 12.5 Å². The molecule has 1 fully saturated rings. The van der Waals surface area contributed by atoms with Gasteiger partial charge < -0.3 is 14.8 Å². The molecule has 5 heteroatoms. The Kier molecular flexibility index (Phi) is 3.74. The van der Waals surface area contributed by atoms with Gasteiger partial charge in [-0.1, -0.05) is 30.3 Å². The van der Waals surface area contributed by atoms with Gasteiger partial charge in [-0.15, -0.1) is 0 Å². The molecule has 0 aliphatic carbocycles. The number of fused-ring (bicyclic) bond motifs is 3. The van der Waals surface area contributed by atoms with Crippen molar-refractivity contribution in [1.29, 1.82) is 0 Å². The fourth-order valence-corrected chi connectivity index (χ4v) is 4.21. The Morgan fingerprint density at radius 1 is 1.04 bits per heavy atom. The van der Waals surface area contributed by atoms with E-state index in [1.807, 2.05) is 6.07 Å². The van der Waals surface area contributed by atoms with Crippen LogP contribution < -0.4 is 9.80 Å². The van der Waals surface area contributed by atoms with Crippen LogP contribution in [-0.4, -0.2) is 40.6 Å². The van der Waals surface area contributed by atoms with Gasteiger partial charge in [-0.3, -0.25) is 0 Å². The number of anilines is 2. The summed E-state index contributed by atoms with van der Waals surface area (Å²) in [5, 5.41) is 1.16. The number of nitrogens with zero attached hydrogens (tertiary/aromatic N) is 4. The summed E-state index contributed by atoms with van der Waals surface area (Å²) < 4.78 is 0. The van der Waals surface area contributed by atoms with E-state index in [1.165, 1.54) is 11.3 Å². The van der Waals surface area contributed by atoms with E-state index in [0.29, 0.717) is 6.04 Å². The summed E-state index contributed by atoms with van der Waals surface area (Å²) in [6.07, 6.45) is 1.69. The topological polar surface area (TPSA) is 48.1 Å². The normalized spacial score (nSPS) is 17.8. The van der Waals surface area contributed by atoms with Gasteiger partial charge in [0, 0.05) is 42.3 Å². The third-order valence-corrected chi connectivity index (χ3v) is 5.53. The lowest BCUT2D eigenvalue weighted by Gasteiger charge is -2.42. The fourth-order valence-electron chi connectivity index (χ4n) is 4.21. The van der Waals surface area contributed by atoms with Crippen molar-refractivity contribution in [3.63, 3.8) is 0 Å². The number of rotatable bonds is 2. The van der Waals surface area contributed by atoms with E-state index in [0.717, 1.165) is 47.4 Å². The Morgan fingerprint density at radius 3 is 2.78 bits per heavy atom. The van der Waals surface area contributed by atoms with Crippen molar-refractivity contribution in [3.8, 4) is 0 Å². The second kappa shape index (κ2) is 6.27. The molecule has 1 unspecified atom stereocenters. The molecule has 1 saturated heterocycles. The first-order valence-electron chi connectivity index (χ1n) is 9.50. The summed E-state index contributed by atoms with van der Waals surface area (Å²) in [5.41, 5.74) is 5.76. The lowest BCUT2D eigenvalue weighted by Crippen LogP contribution is -2.52. The summed E-state index contributed by atoms with van der Waals surface area (Å²) in [6, 6.07) is 17.5. The molecular weight excluding hydrogens is 334 g/mol. The van der Waals surface area contributed by atoms with Crippen molar-refractivity contribution >= 4 is 33.4 Å². The molecule has 0 radical (unpaired) electrons. The maximum Gasteiger partial charge on any atom is 0.156 e. The smallest absolute Gasteiger partial charge is 0.156 e. The number of H-pyrrole nitrogens is 1. The molecule has 0 saturated carbocycles. The number of aromatic nitrogens is 3. The minimum Gasteiger partial charge on any atom is -0.365 e. The highest BCUT2D eigenvalue weighted by Gasteiger charge is 2.26. The van der Waals surface area contributed by atoms with Gasteiger partial charge in [0.25, 0.3) is 0 Å². The molecule has 1 N–H and O–H groups in total. The fraction of sp³-hybridized carbons (Fsp3) is 0.273. The highest BCUT2D eigenvalue weighted by molar-refractivity contribution is 6.08. The lowest BCUT2D eigenvalue weighted by atomic mass is 10.1. The average molecular weight is 357 g/mol. The van der Waals surface area contributed by atoms with E-state index in [-0.39, 0.29) is 0 Å². The molecular formula is C22H23N5. The van der Waals surface area contributed by atoms with Crippen molar-refractivity contribution in [2.75, 3.05) is 29.4 Å². The van der Waals surface area contributed by atoms with Gasteiger partial charge in [-0.05, 0) is 37.6 Å². The van der Waals surface area contributed by atoms with Crippen LogP contribution in [0.4, 0.5) is 11.5 Å². The Bertz CT molecular complexity index is 1120. The summed E-state index contributed by atoms with van der Waals surface area (Å²) in [4.78, 5) is 17.6. The van der Waals surface area contributed by atoms with Crippen LogP contribution in [0.5, 0.6) is 0 Å². The molecule has 4 aromatic rings. The summed E-state index contributed by atoms with van der Waals surface area (Å²) in [5.74, 6) is 1.01. The molecule has 0 spiro atoms. The third-order valence-electron chi connectivity index (χ3n) is 5.53. The standard InChI is InChI=1S/C22H23N5/c1-15-6-5-7-17(12-15)27-11-10-26(13-16(27)2)22-21-20(23-14-24-22)18-8-3-4-9-19(18)25-21/h3-9,12,14,16,25H,10-11,13H2,1-2H3. The maximum absolute atomic E-state index is 4.64. The highest BCUT2D eigenvalue weighted by atomic mass is 15.3. The Balaban J connectivity index is 1.48. The molecule has 1 aliphatic rings. The van der Waals surface area contributed by atoms with E-state index in [2.05, 4.69) is 81.1 Å². The molecule has 0 amide bonds. The van der Waals surface area contributed by atoms with Gasteiger partial charge in [0.1, 0.15) is 17.4 Å². The van der Waals surface area contributed by atoms with Crippen molar-refractivity contribution < 1.29 is 0 Å². The van der Waals surface area contributed by atoms with Gasteiger partial charge in [0.2, 0.25) is 0 Å². The predicted molar refractivity (Wildman–Crippen MR) is 112 cm³/mol. The van der Waals surface area contributed by atoms with Crippen molar-refractivity contribution in [3.05, 3.63) is 60.4 Å². The van der Waals surface area contributed by atoms with E-state index in [9.17, 15) is 0 Å². The number of para-hydroxylation sites is 1. The minimum atomic E-state index is 0.412. The van der Waals surface area contributed by atoms with Crippen LogP contribution in [0, 0.1) is 6.92 Å². The second-order valence-corrected chi connectivity index (χ2v) is 7.42. The van der Waals surface area contributed by atoms with Crippen molar-refractivity contribution in [1.82, 2.24) is 15.0 Å². The maximum atomic E-state index is 4.64. The van der Waals surface area contributed by atoms with E-state index >= 15 is 0 Å². The van der Waals surface area contributed by atoms with Crippen molar-refractivity contribution in [2.24, 2.45) is 0 Å². The van der Waals surface area contributed by atoms with Crippen molar-refractivity contribution in [2.45, 2.75) is 19.9 Å². The number of hydrogen-bond acceptors (Lipinski definition) is 4. The molecule has 1 atom stereocenters. The van der Waals surface area contributed by atoms with Gasteiger partial charge in [-0.2, -0.15) is 0 Å². The molecule has 5 rings (SSSR count). The Morgan fingerprint density at radius 2 is 1.93 bits per heavy atom. The largest absolute Gasteiger partial charge is 0.365 e. The van der Waals surface area contributed by atoms with Crippen LogP contribution in [0.2, 0.25) is 0 Å². The number of piperazine rings is 1. The lowest BCUT2D eigenvalue weighted by molar-refractivity contribution is 0.548. The SMILES string of the molecule is Cc1cccc(N2CCN(c3ncnc4c3[nH]c3ccccc34)CC2C)c1. The van der Waals surface area contributed by atoms with Gasteiger partial charge in [0.05, 0.1) is 0 Å². The zero-order chi connectivity index (χ0) is 18.4. The molecule has 1 aliphatic heterocycles. The van der Waals surface area contributed by atoms with Gasteiger partial charge >= 0.3 is 0 Å². The number of nitrogens with one attached hydrogen (secondary N) is 1. The quantitative estimate of drug-likeness (QED) is 0.586. The van der Waals surface area contributed by atoms with Crippen LogP contribution in [-0.2, 0) is 0 Å². The van der Waals surface area contributed by atoms with Crippen LogP contribution >= 0.6 is 0 Å². The minimum absolute atomic E-state index is 0.412. The van der Waals surface area contributed by atoms with E-state index in [1.54, 1.807) is 6.33 Å². The zero-order valence-corrected chi connectivity index (χ0v) is 15.7. The first-order valence-corrected chi connectivity index (χ1v) is 9.50. The monoisotopic (exact) mass is 357 g/mol. The first kappa shape index (κ1) is 16.1. The third kappa shape index (κ3) is 2.70. The highest BCUT2D eigenvalue weighted by Crippen LogP contribution is 2.31. The Labute approximate surface area is 158 Å².